The van der Waals surface area contributed by atoms with Gasteiger partial charge in [-0.15, -0.1) is 0 Å². The van der Waals surface area contributed by atoms with Crippen LogP contribution in [0.1, 0.15) is 11.3 Å². The molecule has 20 heavy (non-hydrogen) atoms. The summed E-state index contributed by atoms with van der Waals surface area (Å²) in [6.07, 6.45) is 4.13. The van der Waals surface area contributed by atoms with Crippen LogP contribution >= 0.6 is 0 Å². The minimum atomic E-state index is -1.31. The lowest BCUT2D eigenvalue weighted by Crippen LogP contribution is -1.99. The third kappa shape index (κ3) is 2.24. The largest absolute Gasteiger partial charge is 0.477 e. The number of rotatable bonds is 4. The van der Waals surface area contributed by atoms with E-state index in [0.29, 0.717) is 11.3 Å². The Bertz CT molecular complexity index is 766. The fourth-order valence-corrected chi connectivity index (χ4v) is 1.78. The van der Waals surface area contributed by atoms with E-state index >= 15 is 0 Å². The van der Waals surface area contributed by atoms with E-state index in [4.69, 9.17) is 15.1 Å². The summed E-state index contributed by atoms with van der Waals surface area (Å²) in [5, 5.41) is 17.8. The zero-order chi connectivity index (χ0) is 14.7. The number of pyridine rings is 1. The van der Waals surface area contributed by atoms with Crippen LogP contribution in [0.5, 0.6) is 5.88 Å². The van der Waals surface area contributed by atoms with E-state index in [2.05, 4.69) is 11.6 Å². The molecule has 2 aromatic heterocycles. The molecule has 0 saturated heterocycles. The van der Waals surface area contributed by atoms with Crippen LogP contribution in [0.4, 0.5) is 0 Å². The first-order valence-corrected chi connectivity index (χ1v) is 5.68. The second kappa shape index (κ2) is 5.28. The van der Waals surface area contributed by atoms with Crippen molar-refractivity contribution in [3.05, 3.63) is 48.0 Å². The predicted octanol–water partition coefficient (Wildman–Crippen LogP) is 2.16. The Morgan fingerprint density at radius 2 is 2.40 bits per heavy atom. The first-order chi connectivity index (χ1) is 9.58. The normalized spacial score (nSPS) is 11.1. The number of fused-ring (bicyclic) bond motifs is 1. The molecule has 0 aromatic carbocycles. The third-order valence-corrected chi connectivity index (χ3v) is 2.68. The quantitative estimate of drug-likeness (QED) is 0.522. The summed E-state index contributed by atoms with van der Waals surface area (Å²) in [6.45, 7) is 5.32. The van der Waals surface area contributed by atoms with Gasteiger partial charge in [0, 0.05) is 6.20 Å². The molecule has 100 valence electrons. The van der Waals surface area contributed by atoms with Crippen molar-refractivity contribution in [1.29, 1.82) is 5.26 Å². The Labute approximate surface area is 114 Å². The van der Waals surface area contributed by atoms with Gasteiger partial charge in [-0.2, -0.15) is 10.2 Å². The van der Waals surface area contributed by atoms with Crippen molar-refractivity contribution in [3.8, 4) is 11.9 Å². The molecule has 0 atom stereocenters. The first kappa shape index (κ1) is 13.4. The molecule has 0 amide bonds. The fraction of sp³-hybridized carbons (Fsp3) is 0.0714. The molecule has 6 heteroatoms. The zero-order valence-corrected chi connectivity index (χ0v) is 10.7. The van der Waals surface area contributed by atoms with Gasteiger partial charge in [0.25, 0.3) is 0 Å². The molecule has 2 aromatic rings. The van der Waals surface area contributed by atoms with E-state index in [1.165, 1.54) is 12.3 Å². The molecule has 2 rings (SSSR count). The summed E-state index contributed by atoms with van der Waals surface area (Å²) in [4.78, 5) is 15.2. The molecule has 0 spiro atoms. The highest BCUT2D eigenvalue weighted by atomic mass is 16.5. The summed E-state index contributed by atoms with van der Waals surface area (Å²) >= 11 is 0. The highest BCUT2D eigenvalue weighted by Gasteiger charge is 2.15. The van der Waals surface area contributed by atoms with Crippen molar-refractivity contribution in [3.63, 3.8) is 0 Å². The number of ether oxygens (including phenoxy) is 1. The Hall–Kier alpha value is -3.07. The van der Waals surface area contributed by atoms with Gasteiger partial charge in [-0.05, 0) is 24.6 Å². The molecule has 0 unspecified atom stereocenters. The fourth-order valence-electron chi connectivity index (χ4n) is 1.78. The number of carboxylic acid groups (broad SMARTS) is 1. The van der Waals surface area contributed by atoms with Crippen molar-refractivity contribution >= 4 is 17.7 Å². The van der Waals surface area contributed by atoms with Crippen LogP contribution in [0.25, 0.3) is 11.7 Å². The predicted molar refractivity (Wildman–Crippen MR) is 72.0 cm³/mol. The molecular formula is C14H11N3O3. The molecule has 0 bridgehead atoms. The number of imidazole rings is 1. The molecule has 1 N–H and O–H groups in total. The molecule has 0 radical (unpaired) electrons. The van der Waals surface area contributed by atoms with Gasteiger partial charge in [0.15, 0.2) is 0 Å². The van der Waals surface area contributed by atoms with Crippen LogP contribution in [0, 0.1) is 18.3 Å². The van der Waals surface area contributed by atoms with Crippen molar-refractivity contribution in [2.24, 2.45) is 0 Å². The van der Waals surface area contributed by atoms with E-state index < -0.39 is 11.5 Å². The summed E-state index contributed by atoms with van der Waals surface area (Å²) in [6, 6.07) is 5.30. The summed E-state index contributed by atoms with van der Waals surface area (Å²) in [5.74, 6) is -1.11. The topological polar surface area (TPSA) is 87.6 Å². The van der Waals surface area contributed by atoms with Gasteiger partial charge in [0.05, 0.1) is 6.26 Å². The summed E-state index contributed by atoms with van der Waals surface area (Å²) in [5.41, 5.74) is 1.50. The number of aromatic nitrogens is 2. The molecule has 0 saturated carbocycles. The van der Waals surface area contributed by atoms with Crippen LogP contribution in [0.2, 0.25) is 0 Å². The minimum absolute atomic E-state index is 0.198. The highest BCUT2D eigenvalue weighted by molar-refractivity contribution is 5.96. The molecule has 0 aliphatic heterocycles. The second-order valence-electron chi connectivity index (χ2n) is 3.95. The summed E-state index contributed by atoms with van der Waals surface area (Å²) < 4.78 is 6.85. The van der Waals surface area contributed by atoms with Gasteiger partial charge in [0.2, 0.25) is 5.88 Å². The number of nitrogens with zero attached hydrogens (tertiary/aromatic N) is 3. The molecule has 0 aliphatic carbocycles. The highest BCUT2D eigenvalue weighted by Crippen LogP contribution is 2.24. The average Bonchev–Trinajstić information content (AvgIpc) is 2.75. The van der Waals surface area contributed by atoms with E-state index in [1.807, 2.05) is 13.0 Å². The van der Waals surface area contributed by atoms with Crippen LogP contribution in [0.15, 0.2) is 36.7 Å². The lowest BCUT2D eigenvalue weighted by atomic mass is 10.2. The number of carbonyl (C=O) groups is 1. The van der Waals surface area contributed by atoms with E-state index in [1.54, 1.807) is 22.7 Å². The third-order valence-electron chi connectivity index (χ3n) is 2.68. The Morgan fingerprint density at radius 3 is 3.00 bits per heavy atom. The maximum absolute atomic E-state index is 10.9. The van der Waals surface area contributed by atoms with Gasteiger partial charge in [-0.3, -0.25) is 4.40 Å². The van der Waals surface area contributed by atoms with Crippen molar-refractivity contribution in [2.45, 2.75) is 6.92 Å². The maximum atomic E-state index is 10.9. The second-order valence-corrected chi connectivity index (χ2v) is 3.95. The van der Waals surface area contributed by atoms with Gasteiger partial charge in [-0.25, -0.2) is 4.79 Å². The van der Waals surface area contributed by atoms with Gasteiger partial charge in [0.1, 0.15) is 23.0 Å². The Kier molecular flexibility index (Phi) is 3.53. The molecular weight excluding hydrogens is 258 g/mol. The Morgan fingerprint density at radius 1 is 1.65 bits per heavy atom. The van der Waals surface area contributed by atoms with Crippen molar-refractivity contribution in [2.75, 3.05) is 0 Å². The SMILES string of the molecule is C=COc1nc2c(C)cccn2c1/C=C(\C#N)C(=O)O. The number of aryl methyl sites for hydroxylation is 1. The number of nitriles is 1. The first-order valence-electron chi connectivity index (χ1n) is 5.68. The van der Waals surface area contributed by atoms with Crippen LogP contribution < -0.4 is 4.74 Å². The number of hydrogen-bond donors (Lipinski definition) is 1. The van der Waals surface area contributed by atoms with E-state index in [9.17, 15) is 4.79 Å². The van der Waals surface area contributed by atoms with Crippen LogP contribution in [-0.2, 0) is 4.79 Å². The van der Waals surface area contributed by atoms with E-state index in [0.717, 1.165) is 5.56 Å². The minimum Gasteiger partial charge on any atom is -0.477 e. The standard InChI is InChI=1S/C14H11N3O3/c1-3-20-13-11(7-10(8-15)14(18)19)17-6-4-5-9(2)12(17)16-13/h3-7H,1H2,2H3,(H,18,19)/b10-7+. The molecule has 2 heterocycles. The Balaban J connectivity index is 2.76. The molecule has 0 fully saturated rings. The smallest absolute Gasteiger partial charge is 0.346 e. The van der Waals surface area contributed by atoms with Crippen LogP contribution in [0.3, 0.4) is 0 Å². The van der Waals surface area contributed by atoms with Gasteiger partial charge < -0.3 is 9.84 Å². The average molecular weight is 269 g/mol. The monoisotopic (exact) mass is 269 g/mol. The van der Waals surface area contributed by atoms with Crippen LogP contribution in [-0.4, -0.2) is 20.5 Å². The van der Waals surface area contributed by atoms with Gasteiger partial charge in [-0.1, -0.05) is 12.6 Å². The van der Waals surface area contributed by atoms with Crippen molar-refractivity contribution in [1.82, 2.24) is 9.38 Å². The number of aliphatic carboxylic acids is 1. The lowest BCUT2D eigenvalue weighted by molar-refractivity contribution is -0.132. The summed E-state index contributed by atoms with van der Waals surface area (Å²) in [7, 11) is 0. The number of carboxylic acids is 1. The van der Waals surface area contributed by atoms with E-state index in [-0.39, 0.29) is 5.88 Å². The molecule has 0 aliphatic rings. The molecule has 6 nitrogen and oxygen atoms in total. The van der Waals surface area contributed by atoms with Crippen molar-refractivity contribution < 1.29 is 14.6 Å². The number of hydrogen-bond acceptors (Lipinski definition) is 4. The lowest BCUT2D eigenvalue weighted by Gasteiger charge is -2.00. The maximum Gasteiger partial charge on any atom is 0.346 e. The zero-order valence-electron chi connectivity index (χ0n) is 10.7. The van der Waals surface area contributed by atoms with Gasteiger partial charge >= 0.3 is 5.97 Å².